The summed E-state index contributed by atoms with van der Waals surface area (Å²) in [5, 5.41) is 3.38. The Labute approximate surface area is 118 Å². The molecule has 1 aromatic heterocycles. The van der Waals surface area contributed by atoms with E-state index in [1.165, 1.54) is 12.8 Å². The van der Waals surface area contributed by atoms with Gasteiger partial charge >= 0.3 is 0 Å². The van der Waals surface area contributed by atoms with Crippen LogP contribution in [0, 0.1) is 0 Å². The highest BCUT2D eigenvalue weighted by Crippen LogP contribution is 2.19. The third-order valence-corrected chi connectivity index (χ3v) is 3.87. The van der Waals surface area contributed by atoms with Crippen LogP contribution in [0.15, 0.2) is 0 Å². The Bertz CT molecular complexity index is 459. The summed E-state index contributed by atoms with van der Waals surface area (Å²) in [6.07, 6.45) is 3.48. The van der Waals surface area contributed by atoms with E-state index in [1.807, 2.05) is 0 Å². The first-order valence-electron chi connectivity index (χ1n) is 7.17. The van der Waals surface area contributed by atoms with E-state index in [1.54, 1.807) is 0 Å². The minimum absolute atomic E-state index is 0.388. The summed E-state index contributed by atoms with van der Waals surface area (Å²) in [4.78, 5) is 17.6. The van der Waals surface area contributed by atoms with Gasteiger partial charge in [0, 0.05) is 25.7 Å². The molecule has 3 rings (SSSR count). The lowest BCUT2D eigenvalue weighted by Crippen LogP contribution is -2.27. The molecular weight excluding hydrogens is 256 g/mol. The van der Waals surface area contributed by atoms with Crippen molar-refractivity contribution in [3.63, 3.8) is 0 Å². The molecule has 1 unspecified atom stereocenters. The quantitative estimate of drug-likeness (QED) is 0.518. The second-order valence-corrected chi connectivity index (χ2v) is 5.51. The number of nitrogens with zero attached hydrogens (tertiary/aromatic N) is 5. The monoisotopic (exact) mass is 278 g/mol. The van der Waals surface area contributed by atoms with Crippen LogP contribution in [0.3, 0.4) is 0 Å². The molecule has 0 radical (unpaired) electrons. The lowest BCUT2D eigenvalue weighted by atomic mass is 10.3. The van der Waals surface area contributed by atoms with Crippen LogP contribution in [0.25, 0.3) is 0 Å². The van der Waals surface area contributed by atoms with Gasteiger partial charge in [0.1, 0.15) is 0 Å². The van der Waals surface area contributed by atoms with E-state index in [4.69, 9.17) is 5.84 Å². The number of nitrogens with one attached hydrogen (secondary N) is 2. The van der Waals surface area contributed by atoms with E-state index in [0.717, 1.165) is 32.6 Å². The van der Waals surface area contributed by atoms with Gasteiger partial charge in [-0.1, -0.05) is 0 Å². The summed E-state index contributed by atoms with van der Waals surface area (Å²) in [5.41, 5.74) is 2.53. The highest BCUT2D eigenvalue weighted by atomic mass is 15.4. The zero-order valence-corrected chi connectivity index (χ0v) is 11.8. The summed E-state index contributed by atoms with van der Waals surface area (Å²) >= 11 is 0. The van der Waals surface area contributed by atoms with Crippen LogP contribution in [-0.4, -0.2) is 59.1 Å². The van der Waals surface area contributed by atoms with E-state index >= 15 is 0 Å². The maximum absolute atomic E-state index is 5.46. The van der Waals surface area contributed by atoms with Crippen molar-refractivity contribution in [3.05, 3.63) is 0 Å². The Morgan fingerprint density at radius 2 is 1.85 bits per heavy atom. The molecule has 0 aliphatic carbocycles. The molecule has 8 nitrogen and oxygen atoms in total. The Kier molecular flexibility index (Phi) is 3.83. The Morgan fingerprint density at radius 3 is 2.50 bits per heavy atom. The predicted molar refractivity (Wildman–Crippen MR) is 78.6 cm³/mol. The van der Waals surface area contributed by atoms with Gasteiger partial charge in [-0.25, -0.2) is 5.84 Å². The molecule has 2 fully saturated rings. The highest BCUT2D eigenvalue weighted by molar-refractivity contribution is 5.44. The molecule has 2 saturated heterocycles. The van der Waals surface area contributed by atoms with Crippen molar-refractivity contribution in [1.82, 2.24) is 19.9 Å². The number of nitrogen functional groups attached to an aromatic ring is 1. The fourth-order valence-electron chi connectivity index (χ4n) is 2.79. The first-order chi connectivity index (χ1) is 9.74. The zero-order chi connectivity index (χ0) is 13.9. The number of likely N-dealkylation sites (tertiary alicyclic amines) is 1. The summed E-state index contributed by atoms with van der Waals surface area (Å²) in [6.45, 7) is 4.11. The number of rotatable bonds is 4. The Hall–Kier alpha value is -1.67. The van der Waals surface area contributed by atoms with Gasteiger partial charge in [-0.3, -0.25) is 5.43 Å². The predicted octanol–water partition coefficient (Wildman–Crippen LogP) is -0.127. The van der Waals surface area contributed by atoms with Crippen molar-refractivity contribution in [2.75, 3.05) is 48.9 Å². The van der Waals surface area contributed by atoms with Crippen molar-refractivity contribution >= 4 is 17.8 Å². The maximum atomic E-state index is 5.46. The van der Waals surface area contributed by atoms with Crippen molar-refractivity contribution < 1.29 is 0 Å². The van der Waals surface area contributed by atoms with Gasteiger partial charge in [0.25, 0.3) is 0 Å². The number of anilines is 3. The number of likely N-dealkylation sites (N-methyl/N-ethyl adjacent to an activating group) is 1. The second kappa shape index (κ2) is 5.76. The normalized spacial score (nSPS) is 23.3. The Balaban J connectivity index is 1.76. The minimum atomic E-state index is 0.388. The average Bonchev–Trinajstić information content (AvgIpc) is 3.10. The van der Waals surface area contributed by atoms with Crippen LogP contribution < -0.4 is 21.5 Å². The van der Waals surface area contributed by atoms with Gasteiger partial charge in [-0.2, -0.15) is 15.0 Å². The van der Waals surface area contributed by atoms with Crippen LogP contribution in [0.1, 0.15) is 19.3 Å². The van der Waals surface area contributed by atoms with Gasteiger partial charge in [0.15, 0.2) is 0 Å². The van der Waals surface area contributed by atoms with Crippen LogP contribution in [-0.2, 0) is 0 Å². The molecule has 0 bridgehead atoms. The molecule has 0 amide bonds. The fourth-order valence-corrected chi connectivity index (χ4v) is 2.79. The lowest BCUT2D eigenvalue weighted by molar-refractivity contribution is 0.414. The lowest BCUT2D eigenvalue weighted by Gasteiger charge is -2.18. The van der Waals surface area contributed by atoms with Crippen molar-refractivity contribution in [2.24, 2.45) is 5.84 Å². The largest absolute Gasteiger partial charge is 0.350 e. The molecule has 110 valence electrons. The molecule has 1 atom stereocenters. The van der Waals surface area contributed by atoms with E-state index in [-0.39, 0.29) is 0 Å². The van der Waals surface area contributed by atoms with Crippen LogP contribution in [0.2, 0.25) is 0 Å². The van der Waals surface area contributed by atoms with E-state index < -0.39 is 0 Å². The molecule has 20 heavy (non-hydrogen) atoms. The molecule has 0 aromatic carbocycles. The molecular formula is C12H22N8. The minimum Gasteiger partial charge on any atom is -0.350 e. The number of aromatic nitrogens is 3. The molecule has 2 aliphatic heterocycles. The molecule has 2 aliphatic rings. The van der Waals surface area contributed by atoms with Gasteiger partial charge < -0.3 is 15.1 Å². The second-order valence-electron chi connectivity index (χ2n) is 5.51. The van der Waals surface area contributed by atoms with Crippen LogP contribution in [0.5, 0.6) is 0 Å². The number of nitrogens with two attached hydrogens (primary N) is 1. The molecule has 1 aromatic rings. The summed E-state index contributed by atoms with van der Waals surface area (Å²) in [7, 11) is 2.12. The smallest absolute Gasteiger partial charge is 0.243 e. The average molecular weight is 278 g/mol. The van der Waals surface area contributed by atoms with Gasteiger partial charge in [0.2, 0.25) is 17.8 Å². The molecule has 8 heteroatoms. The van der Waals surface area contributed by atoms with Gasteiger partial charge in [0.05, 0.1) is 0 Å². The molecule has 0 saturated carbocycles. The molecule has 0 spiro atoms. The van der Waals surface area contributed by atoms with Crippen LogP contribution in [0.4, 0.5) is 17.8 Å². The van der Waals surface area contributed by atoms with E-state index in [0.29, 0.717) is 23.9 Å². The molecule has 4 N–H and O–H groups in total. The zero-order valence-electron chi connectivity index (χ0n) is 11.8. The number of hydrogen-bond donors (Lipinski definition) is 3. The first kappa shape index (κ1) is 13.3. The fraction of sp³-hybridized carbons (Fsp3) is 0.750. The topological polar surface area (TPSA) is 95.2 Å². The van der Waals surface area contributed by atoms with E-state index in [2.05, 4.69) is 42.5 Å². The van der Waals surface area contributed by atoms with Gasteiger partial charge in [-0.15, -0.1) is 0 Å². The number of hydrazine groups is 1. The van der Waals surface area contributed by atoms with Crippen molar-refractivity contribution in [3.8, 4) is 0 Å². The summed E-state index contributed by atoms with van der Waals surface area (Å²) < 4.78 is 0. The third kappa shape index (κ3) is 2.91. The first-order valence-corrected chi connectivity index (χ1v) is 7.17. The van der Waals surface area contributed by atoms with Crippen molar-refractivity contribution in [1.29, 1.82) is 0 Å². The van der Waals surface area contributed by atoms with Crippen LogP contribution >= 0.6 is 0 Å². The molecule has 3 heterocycles. The summed E-state index contributed by atoms with van der Waals surface area (Å²) in [5.74, 6) is 7.19. The SMILES string of the molecule is CN1CCC(Nc2nc(NN)nc(N3CCCC3)n2)C1. The number of hydrogen-bond acceptors (Lipinski definition) is 8. The van der Waals surface area contributed by atoms with Crippen molar-refractivity contribution in [2.45, 2.75) is 25.3 Å². The Morgan fingerprint density at radius 1 is 1.10 bits per heavy atom. The highest BCUT2D eigenvalue weighted by Gasteiger charge is 2.22. The standard InChI is InChI=1S/C12H22N8/c1-19-7-4-9(8-19)14-10-15-11(18-13)17-12(16-10)20-5-2-3-6-20/h9H,2-8,13H2,1H3,(H2,14,15,16,17,18). The maximum Gasteiger partial charge on any atom is 0.243 e. The summed E-state index contributed by atoms with van der Waals surface area (Å²) in [6, 6.07) is 0.388. The van der Waals surface area contributed by atoms with Gasteiger partial charge in [-0.05, 0) is 32.9 Å². The van der Waals surface area contributed by atoms with E-state index in [9.17, 15) is 0 Å². The third-order valence-electron chi connectivity index (χ3n) is 3.87.